The number of halogens is 4. The lowest BCUT2D eigenvalue weighted by Gasteiger charge is -2.08. The van der Waals surface area contributed by atoms with E-state index >= 15 is 0 Å². The van der Waals surface area contributed by atoms with E-state index in [0.29, 0.717) is 17.3 Å². The zero-order chi connectivity index (χ0) is 15.3. The van der Waals surface area contributed by atoms with Gasteiger partial charge in [0, 0.05) is 12.3 Å². The number of nitrogens with one attached hydrogen (secondary N) is 1. The van der Waals surface area contributed by atoms with Crippen LogP contribution >= 0.6 is 11.6 Å². The van der Waals surface area contributed by atoms with E-state index in [1.165, 1.54) is 18.5 Å². The van der Waals surface area contributed by atoms with Crippen LogP contribution in [0.1, 0.15) is 5.69 Å². The van der Waals surface area contributed by atoms with Gasteiger partial charge < -0.3 is 10.1 Å². The van der Waals surface area contributed by atoms with E-state index in [4.69, 9.17) is 16.3 Å². The molecule has 0 amide bonds. The molecule has 0 aromatic carbocycles. The number of pyridine rings is 1. The summed E-state index contributed by atoms with van der Waals surface area (Å²) >= 11 is 5.74. The number of anilines is 1. The Bertz CT molecular complexity index is 592. The van der Waals surface area contributed by atoms with Crippen LogP contribution in [0, 0.1) is 0 Å². The lowest BCUT2D eigenvalue weighted by molar-refractivity contribution is -0.141. The van der Waals surface area contributed by atoms with Gasteiger partial charge in [-0.1, -0.05) is 11.6 Å². The third-order valence-corrected chi connectivity index (χ3v) is 2.52. The minimum atomic E-state index is -4.49. The van der Waals surface area contributed by atoms with Gasteiger partial charge in [-0.15, -0.1) is 10.2 Å². The van der Waals surface area contributed by atoms with Crippen LogP contribution in [0.5, 0.6) is 5.75 Å². The first kappa shape index (κ1) is 15.3. The smallest absolute Gasteiger partial charge is 0.435 e. The molecule has 0 atom stereocenters. The highest BCUT2D eigenvalue weighted by atomic mass is 35.5. The van der Waals surface area contributed by atoms with E-state index in [9.17, 15) is 13.2 Å². The fourth-order valence-electron chi connectivity index (χ4n) is 1.40. The molecule has 9 heteroatoms. The number of alkyl halides is 3. The molecule has 2 rings (SSSR count). The van der Waals surface area contributed by atoms with E-state index in [2.05, 4.69) is 20.5 Å². The lowest BCUT2D eigenvalue weighted by Crippen LogP contribution is -2.14. The predicted molar refractivity (Wildman–Crippen MR) is 70.3 cm³/mol. The number of rotatable bonds is 5. The third kappa shape index (κ3) is 4.75. The van der Waals surface area contributed by atoms with Crippen molar-refractivity contribution in [3.05, 3.63) is 41.3 Å². The van der Waals surface area contributed by atoms with Crippen LogP contribution in [-0.2, 0) is 6.18 Å². The lowest BCUT2D eigenvalue weighted by atomic mass is 10.4. The van der Waals surface area contributed by atoms with Crippen molar-refractivity contribution in [3.63, 3.8) is 0 Å². The second-order valence-electron chi connectivity index (χ2n) is 3.92. The van der Waals surface area contributed by atoms with Crippen molar-refractivity contribution in [1.29, 1.82) is 0 Å². The van der Waals surface area contributed by atoms with Crippen molar-refractivity contribution in [2.75, 3.05) is 18.5 Å². The van der Waals surface area contributed by atoms with Crippen LogP contribution in [-0.4, -0.2) is 28.3 Å². The van der Waals surface area contributed by atoms with E-state index < -0.39 is 11.9 Å². The SMILES string of the molecule is FC(F)(F)c1ccc(NCCOc2cncc(Cl)c2)nn1. The van der Waals surface area contributed by atoms with Gasteiger partial charge in [0.05, 0.1) is 17.8 Å². The first-order valence-corrected chi connectivity index (χ1v) is 6.21. The molecule has 0 aliphatic heterocycles. The summed E-state index contributed by atoms with van der Waals surface area (Å²) < 4.78 is 42.2. The van der Waals surface area contributed by atoms with Crippen molar-refractivity contribution >= 4 is 17.4 Å². The molecule has 0 unspecified atom stereocenters. The summed E-state index contributed by atoms with van der Waals surface area (Å²) in [7, 11) is 0. The molecule has 21 heavy (non-hydrogen) atoms. The van der Waals surface area contributed by atoms with Crippen molar-refractivity contribution in [3.8, 4) is 5.75 Å². The van der Waals surface area contributed by atoms with Gasteiger partial charge in [-0.3, -0.25) is 4.98 Å². The highest BCUT2D eigenvalue weighted by Crippen LogP contribution is 2.27. The highest BCUT2D eigenvalue weighted by molar-refractivity contribution is 6.30. The molecule has 5 nitrogen and oxygen atoms in total. The minimum Gasteiger partial charge on any atom is -0.490 e. The summed E-state index contributed by atoms with van der Waals surface area (Å²) in [5.41, 5.74) is -1.03. The van der Waals surface area contributed by atoms with Crippen LogP contribution in [0.2, 0.25) is 5.02 Å². The van der Waals surface area contributed by atoms with Crippen LogP contribution < -0.4 is 10.1 Å². The summed E-state index contributed by atoms with van der Waals surface area (Å²) in [4.78, 5) is 3.85. The molecule has 0 fully saturated rings. The number of ether oxygens (including phenoxy) is 1. The molecular weight excluding hydrogens is 309 g/mol. The van der Waals surface area contributed by atoms with Gasteiger partial charge in [-0.25, -0.2) is 0 Å². The van der Waals surface area contributed by atoms with Crippen LogP contribution in [0.3, 0.4) is 0 Å². The Morgan fingerprint density at radius 2 is 2.00 bits per heavy atom. The maximum absolute atomic E-state index is 12.3. The highest BCUT2D eigenvalue weighted by Gasteiger charge is 2.32. The minimum absolute atomic E-state index is 0.232. The maximum Gasteiger partial charge on any atom is 0.435 e. The number of hydrogen-bond donors (Lipinski definition) is 1. The van der Waals surface area contributed by atoms with Gasteiger partial charge in [0.2, 0.25) is 0 Å². The van der Waals surface area contributed by atoms with Crippen LogP contribution in [0.25, 0.3) is 0 Å². The Hall–Kier alpha value is -2.09. The molecule has 0 aliphatic carbocycles. The Morgan fingerprint density at radius 3 is 2.62 bits per heavy atom. The number of hydrogen-bond acceptors (Lipinski definition) is 5. The van der Waals surface area contributed by atoms with Gasteiger partial charge in [0.1, 0.15) is 18.2 Å². The van der Waals surface area contributed by atoms with Crippen molar-refractivity contribution in [1.82, 2.24) is 15.2 Å². The molecule has 112 valence electrons. The molecule has 0 radical (unpaired) electrons. The maximum atomic E-state index is 12.3. The van der Waals surface area contributed by atoms with Gasteiger partial charge in [0.25, 0.3) is 0 Å². The van der Waals surface area contributed by atoms with Gasteiger partial charge in [-0.05, 0) is 12.1 Å². The monoisotopic (exact) mass is 318 g/mol. The molecule has 2 aromatic heterocycles. The standard InChI is InChI=1S/C12H10ClF3N4O/c13-8-5-9(7-17-6-8)21-4-3-18-11-2-1-10(19-20-11)12(14,15)16/h1-2,5-7H,3-4H2,(H,18,20). The summed E-state index contributed by atoms with van der Waals surface area (Å²) in [6.45, 7) is 0.608. The van der Waals surface area contributed by atoms with E-state index in [1.54, 1.807) is 6.07 Å². The Balaban J connectivity index is 1.79. The molecule has 0 spiro atoms. The molecule has 0 aliphatic rings. The summed E-state index contributed by atoms with van der Waals surface area (Å²) in [5.74, 6) is 0.735. The normalized spacial score (nSPS) is 11.2. The predicted octanol–water partition coefficient (Wildman–Crippen LogP) is 3.03. The second kappa shape index (κ2) is 6.57. The second-order valence-corrected chi connectivity index (χ2v) is 4.35. The van der Waals surface area contributed by atoms with Gasteiger partial charge >= 0.3 is 6.18 Å². The Labute approximate surface area is 123 Å². The molecule has 2 aromatic rings. The average molecular weight is 319 g/mol. The van der Waals surface area contributed by atoms with Crippen LogP contribution in [0.4, 0.5) is 19.0 Å². The van der Waals surface area contributed by atoms with Gasteiger partial charge in [0.15, 0.2) is 5.69 Å². The van der Waals surface area contributed by atoms with Gasteiger partial charge in [-0.2, -0.15) is 13.2 Å². The van der Waals surface area contributed by atoms with Crippen molar-refractivity contribution in [2.24, 2.45) is 0 Å². The first-order valence-electron chi connectivity index (χ1n) is 5.83. The van der Waals surface area contributed by atoms with Crippen LogP contribution in [0.15, 0.2) is 30.6 Å². The average Bonchev–Trinajstić information content (AvgIpc) is 2.43. The molecule has 2 heterocycles. The van der Waals surface area contributed by atoms with Crippen molar-refractivity contribution < 1.29 is 17.9 Å². The zero-order valence-electron chi connectivity index (χ0n) is 10.6. The topological polar surface area (TPSA) is 59.9 Å². The molecule has 0 saturated heterocycles. The molecule has 0 bridgehead atoms. The van der Waals surface area contributed by atoms with E-state index in [0.717, 1.165) is 6.07 Å². The molecule has 1 N–H and O–H groups in total. The molecular formula is C12H10ClF3N4O. The fourth-order valence-corrected chi connectivity index (χ4v) is 1.56. The Kier molecular flexibility index (Phi) is 4.79. The Morgan fingerprint density at radius 1 is 1.19 bits per heavy atom. The quantitative estimate of drug-likeness (QED) is 0.859. The summed E-state index contributed by atoms with van der Waals surface area (Å²) in [6.07, 6.45) is -1.51. The van der Waals surface area contributed by atoms with E-state index in [1.807, 2.05) is 0 Å². The zero-order valence-corrected chi connectivity index (χ0v) is 11.3. The number of aromatic nitrogens is 3. The summed E-state index contributed by atoms with van der Waals surface area (Å²) in [6, 6.07) is 3.67. The fraction of sp³-hybridized carbons (Fsp3) is 0.250. The van der Waals surface area contributed by atoms with E-state index in [-0.39, 0.29) is 12.4 Å². The number of nitrogens with zero attached hydrogens (tertiary/aromatic N) is 3. The van der Waals surface area contributed by atoms with Crippen molar-refractivity contribution in [2.45, 2.75) is 6.18 Å². The summed E-state index contributed by atoms with van der Waals surface area (Å²) in [5, 5.41) is 9.77. The first-order chi connectivity index (χ1) is 9.95. The molecule has 0 saturated carbocycles. The third-order valence-electron chi connectivity index (χ3n) is 2.31. The largest absolute Gasteiger partial charge is 0.490 e.